The summed E-state index contributed by atoms with van der Waals surface area (Å²) in [6.07, 6.45) is 0. The summed E-state index contributed by atoms with van der Waals surface area (Å²) in [6, 6.07) is 13.2. The first-order valence-electron chi connectivity index (χ1n) is 7.45. The maximum absolute atomic E-state index is 12.7. The quantitative estimate of drug-likeness (QED) is 0.448. The van der Waals surface area contributed by atoms with Crippen LogP contribution in [0.5, 0.6) is 0 Å². The first kappa shape index (κ1) is 17.1. The fraction of sp³-hybridized carbons (Fsp3) is 0.105. The lowest BCUT2D eigenvalue weighted by Crippen LogP contribution is -2.36. The van der Waals surface area contributed by atoms with Crippen LogP contribution in [0.25, 0.3) is 0 Å². The second-order valence-corrected chi connectivity index (χ2v) is 6.32. The van der Waals surface area contributed by atoms with E-state index in [0.717, 1.165) is 0 Å². The number of fused-ring (bicyclic) bond motifs is 1. The highest BCUT2D eigenvalue weighted by molar-refractivity contribution is 9.10. The SMILES string of the molecule is C=C(C(=O)OC)[C@H](c1ccccc1)N1C(=O)C(=O)c2c(Br)cccc21. The van der Waals surface area contributed by atoms with Gasteiger partial charge in [-0.1, -0.05) is 43.0 Å². The molecule has 0 aliphatic carbocycles. The number of esters is 1. The molecule has 0 radical (unpaired) electrons. The average molecular weight is 400 g/mol. The fourth-order valence-corrected chi connectivity index (χ4v) is 3.44. The molecule has 0 bridgehead atoms. The molecule has 126 valence electrons. The van der Waals surface area contributed by atoms with E-state index in [2.05, 4.69) is 22.5 Å². The number of carbonyl (C=O) groups excluding carboxylic acids is 3. The summed E-state index contributed by atoms with van der Waals surface area (Å²) in [5.74, 6) is -1.97. The number of ether oxygens (including phenoxy) is 1. The van der Waals surface area contributed by atoms with Crippen LogP contribution in [0.15, 0.2) is 65.2 Å². The van der Waals surface area contributed by atoms with Gasteiger partial charge >= 0.3 is 5.97 Å². The molecule has 2 aromatic carbocycles. The first-order chi connectivity index (χ1) is 12.0. The van der Waals surface area contributed by atoms with E-state index in [4.69, 9.17) is 4.74 Å². The van der Waals surface area contributed by atoms with Gasteiger partial charge in [0.25, 0.3) is 11.7 Å². The van der Waals surface area contributed by atoms with Gasteiger partial charge in [-0.3, -0.25) is 14.5 Å². The summed E-state index contributed by atoms with van der Waals surface area (Å²) in [7, 11) is 1.25. The van der Waals surface area contributed by atoms with Gasteiger partial charge in [0.15, 0.2) is 0 Å². The molecule has 3 rings (SSSR count). The molecule has 6 heteroatoms. The minimum Gasteiger partial charge on any atom is -0.466 e. The third-order valence-corrected chi connectivity index (χ3v) is 4.70. The lowest BCUT2D eigenvalue weighted by molar-refractivity contribution is -0.136. The van der Waals surface area contributed by atoms with Gasteiger partial charge < -0.3 is 4.74 Å². The molecule has 1 aliphatic heterocycles. The maximum atomic E-state index is 12.7. The number of amides is 1. The number of benzene rings is 2. The van der Waals surface area contributed by atoms with Crippen LogP contribution < -0.4 is 4.90 Å². The normalized spacial score (nSPS) is 14.2. The highest BCUT2D eigenvalue weighted by atomic mass is 79.9. The average Bonchev–Trinajstić information content (AvgIpc) is 2.88. The van der Waals surface area contributed by atoms with Gasteiger partial charge in [-0.15, -0.1) is 0 Å². The molecule has 1 heterocycles. The van der Waals surface area contributed by atoms with Gasteiger partial charge in [0, 0.05) is 4.47 Å². The summed E-state index contributed by atoms with van der Waals surface area (Å²) in [6.45, 7) is 3.81. The van der Waals surface area contributed by atoms with Gasteiger partial charge in [-0.05, 0) is 33.6 Å². The molecule has 0 spiro atoms. The molecule has 0 unspecified atom stereocenters. The highest BCUT2D eigenvalue weighted by Crippen LogP contribution is 2.41. The minimum absolute atomic E-state index is 0.0719. The topological polar surface area (TPSA) is 63.7 Å². The second kappa shape index (κ2) is 6.64. The number of Topliss-reactive ketones (excluding diaryl/α,β-unsaturated/α-hetero) is 1. The third-order valence-electron chi connectivity index (χ3n) is 4.04. The van der Waals surface area contributed by atoms with Crippen molar-refractivity contribution >= 4 is 39.3 Å². The van der Waals surface area contributed by atoms with Crippen molar-refractivity contribution < 1.29 is 19.1 Å². The number of nitrogens with zero attached hydrogens (tertiary/aromatic N) is 1. The third kappa shape index (κ3) is 2.78. The van der Waals surface area contributed by atoms with E-state index in [9.17, 15) is 14.4 Å². The molecule has 0 aromatic heterocycles. The zero-order valence-corrected chi connectivity index (χ0v) is 14.9. The molecule has 0 saturated carbocycles. The summed E-state index contributed by atoms with van der Waals surface area (Å²) in [5.41, 5.74) is 1.45. The number of carbonyl (C=O) groups is 3. The van der Waals surface area contributed by atoms with Gasteiger partial charge in [-0.2, -0.15) is 0 Å². The van der Waals surface area contributed by atoms with Crippen LogP contribution in [0.4, 0.5) is 5.69 Å². The lowest BCUT2D eigenvalue weighted by atomic mass is 9.98. The number of hydrogen-bond acceptors (Lipinski definition) is 4. The van der Waals surface area contributed by atoms with E-state index in [1.165, 1.54) is 12.0 Å². The van der Waals surface area contributed by atoms with Gasteiger partial charge in [0.05, 0.1) is 30.0 Å². The van der Waals surface area contributed by atoms with Gasteiger partial charge in [0.2, 0.25) is 0 Å². The number of halogens is 1. The predicted molar refractivity (Wildman–Crippen MR) is 96.3 cm³/mol. The van der Waals surface area contributed by atoms with E-state index in [0.29, 0.717) is 15.7 Å². The van der Waals surface area contributed by atoms with Crippen LogP contribution >= 0.6 is 15.9 Å². The molecule has 25 heavy (non-hydrogen) atoms. The standard InChI is InChI=1S/C19H14BrNO4/c1-11(19(24)25-2)16(12-7-4-3-5-8-12)21-14-10-6-9-13(20)15(14)17(22)18(21)23/h3-10,16H,1H2,2H3/t16-/m1/s1. The number of hydrogen-bond donors (Lipinski definition) is 0. The fourth-order valence-electron chi connectivity index (χ4n) is 2.90. The Kier molecular flexibility index (Phi) is 4.55. The van der Waals surface area contributed by atoms with Crippen molar-refractivity contribution in [1.82, 2.24) is 0 Å². The Bertz CT molecular complexity index is 892. The highest BCUT2D eigenvalue weighted by Gasteiger charge is 2.43. The molecule has 0 N–H and O–H groups in total. The Balaban J connectivity index is 2.20. The number of ketones is 1. The second-order valence-electron chi connectivity index (χ2n) is 5.47. The summed E-state index contributed by atoms with van der Waals surface area (Å²) >= 11 is 3.31. The van der Waals surface area contributed by atoms with E-state index < -0.39 is 23.7 Å². The van der Waals surface area contributed by atoms with Crippen molar-refractivity contribution in [2.75, 3.05) is 12.0 Å². The van der Waals surface area contributed by atoms with Crippen LogP contribution in [0.1, 0.15) is 22.0 Å². The van der Waals surface area contributed by atoms with E-state index in [-0.39, 0.29) is 11.1 Å². The lowest BCUT2D eigenvalue weighted by Gasteiger charge is -2.29. The van der Waals surface area contributed by atoms with Gasteiger partial charge in [0.1, 0.15) is 0 Å². The largest absolute Gasteiger partial charge is 0.466 e. The molecular formula is C19H14BrNO4. The van der Waals surface area contributed by atoms with Gasteiger partial charge in [-0.25, -0.2) is 4.79 Å². The van der Waals surface area contributed by atoms with Crippen molar-refractivity contribution in [2.45, 2.75) is 6.04 Å². The molecule has 0 fully saturated rings. The van der Waals surface area contributed by atoms with Crippen LogP contribution in [-0.2, 0) is 14.3 Å². The Morgan fingerprint density at radius 2 is 1.80 bits per heavy atom. The summed E-state index contributed by atoms with van der Waals surface area (Å²) in [5, 5.41) is 0. The maximum Gasteiger partial charge on any atom is 0.335 e. The monoisotopic (exact) mass is 399 g/mol. The van der Waals surface area contributed by atoms with Crippen LogP contribution in [0, 0.1) is 0 Å². The zero-order valence-electron chi connectivity index (χ0n) is 13.4. The van der Waals surface area contributed by atoms with Crippen molar-refractivity contribution in [1.29, 1.82) is 0 Å². The van der Waals surface area contributed by atoms with E-state index in [1.807, 2.05) is 6.07 Å². The molecule has 1 amide bonds. The van der Waals surface area contributed by atoms with Crippen molar-refractivity contribution in [3.63, 3.8) is 0 Å². The number of rotatable bonds is 4. The van der Waals surface area contributed by atoms with E-state index in [1.54, 1.807) is 42.5 Å². The number of anilines is 1. The van der Waals surface area contributed by atoms with Crippen molar-refractivity contribution in [3.8, 4) is 0 Å². The Morgan fingerprint density at radius 3 is 2.44 bits per heavy atom. The van der Waals surface area contributed by atoms with Crippen LogP contribution in [0.2, 0.25) is 0 Å². The summed E-state index contributed by atoms with van der Waals surface area (Å²) in [4.78, 5) is 38.6. The Morgan fingerprint density at radius 1 is 1.12 bits per heavy atom. The molecule has 1 aliphatic rings. The minimum atomic E-state index is -0.833. The molecular weight excluding hydrogens is 386 g/mol. The van der Waals surface area contributed by atoms with Crippen LogP contribution in [0.3, 0.4) is 0 Å². The zero-order chi connectivity index (χ0) is 18.1. The number of methoxy groups -OCH3 is 1. The smallest absolute Gasteiger partial charge is 0.335 e. The Hall–Kier alpha value is -2.73. The van der Waals surface area contributed by atoms with E-state index >= 15 is 0 Å². The van der Waals surface area contributed by atoms with Crippen molar-refractivity contribution in [2.24, 2.45) is 0 Å². The summed E-state index contributed by atoms with van der Waals surface area (Å²) < 4.78 is 5.31. The van der Waals surface area contributed by atoms with Crippen LogP contribution in [-0.4, -0.2) is 24.8 Å². The molecule has 1 atom stereocenters. The molecule has 5 nitrogen and oxygen atoms in total. The Labute approximate surface area is 153 Å². The predicted octanol–water partition coefficient (Wildman–Crippen LogP) is 3.45. The van der Waals surface area contributed by atoms with Crippen molar-refractivity contribution in [3.05, 3.63) is 76.3 Å². The first-order valence-corrected chi connectivity index (χ1v) is 8.25. The molecule has 2 aromatic rings. The molecule has 0 saturated heterocycles.